The minimum absolute atomic E-state index is 0.196. The minimum atomic E-state index is -0.241. The van der Waals surface area contributed by atoms with Crippen molar-refractivity contribution < 1.29 is 14.3 Å². The van der Waals surface area contributed by atoms with Gasteiger partial charge in [-0.1, -0.05) is 18.2 Å². The summed E-state index contributed by atoms with van der Waals surface area (Å²) >= 11 is 0. The average molecular weight is 371 g/mol. The van der Waals surface area contributed by atoms with Gasteiger partial charge in [0, 0.05) is 24.7 Å². The summed E-state index contributed by atoms with van der Waals surface area (Å²) in [6, 6.07) is 7.46. The highest BCUT2D eigenvalue weighted by molar-refractivity contribution is 6.36. The number of piperidine rings is 1. The number of amides is 2. The molecule has 0 N–H and O–H groups in total. The highest BCUT2D eigenvalue weighted by Crippen LogP contribution is 2.37. The Kier molecular flexibility index (Phi) is 5.56. The van der Waals surface area contributed by atoms with Crippen molar-refractivity contribution in [1.29, 1.82) is 0 Å². The number of nitrogens with zero attached hydrogens (tertiary/aromatic N) is 3. The summed E-state index contributed by atoms with van der Waals surface area (Å²) < 4.78 is 5.48. The molecule has 1 fully saturated rings. The molecule has 1 saturated heterocycles. The number of methoxy groups -OCH3 is 1. The lowest BCUT2D eigenvalue weighted by Gasteiger charge is -2.36. The first kappa shape index (κ1) is 19.4. The molecule has 2 aliphatic heterocycles. The highest BCUT2D eigenvalue weighted by atomic mass is 16.5. The summed E-state index contributed by atoms with van der Waals surface area (Å²) in [5.74, 6) is 0.153. The zero-order valence-corrected chi connectivity index (χ0v) is 16.9. The largest absolute Gasteiger partial charge is 0.496 e. The molecule has 146 valence electrons. The second kappa shape index (κ2) is 7.72. The normalized spacial score (nSPS) is 19.4. The van der Waals surface area contributed by atoms with E-state index in [9.17, 15) is 9.59 Å². The topological polar surface area (TPSA) is 53.1 Å². The van der Waals surface area contributed by atoms with Crippen molar-refractivity contribution in [2.24, 2.45) is 0 Å². The van der Waals surface area contributed by atoms with Crippen LogP contribution in [-0.2, 0) is 9.59 Å². The molecule has 2 aliphatic rings. The summed E-state index contributed by atoms with van der Waals surface area (Å²) in [5, 5.41) is 0. The van der Waals surface area contributed by atoms with Crippen molar-refractivity contribution in [3.63, 3.8) is 0 Å². The molecule has 1 aromatic rings. The zero-order valence-electron chi connectivity index (χ0n) is 16.9. The van der Waals surface area contributed by atoms with Crippen molar-refractivity contribution in [1.82, 2.24) is 14.7 Å². The van der Waals surface area contributed by atoms with Crippen molar-refractivity contribution in [2.45, 2.75) is 38.8 Å². The Morgan fingerprint density at radius 2 is 1.74 bits per heavy atom. The van der Waals surface area contributed by atoms with Crippen LogP contribution in [0.4, 0.5) is 0 Å². The Bertz CT molecular complexity index is 764. The van der Waals surface area contributed by atoms with Gasteiger partial charge in [0.15, 0.2) is 0 Å². The first-order valence-electron chi connectivity index (χ1n) is 9.53. The second-order valence-corrected chi connectivity index (χ2v) is 7.64. The third-order valence-corrected chi connectivity index (χ3v) is 5.57. The number of benzene rings is 1. The SMILES string of the molecule is COc1ccccc1C1=C(N(C)C2CCN(C)CC2)C(=O)N(C(C)C)C1=O. The van der Waals surface area contributed by atoms with Gasteiger partial charge in [0.25, 0.3) is 11.8 Å². The second-order valence-electron chi connectivity index (χ2n) is 7.64. The quantitative estimate of drug-likeness (QED) is 0.743. The Morgan fingerprint density at radius 1 is 1.11 bits per heavy atom. The van der Waals surface area contributed by atoms with Crippen LogP contribution < -0.4 is 4.74 Å². The summed E-state index contributed by atoms with van der Waals surface area (Å²) in [4.78, 5) is 32.2. The smallest absolute Gasteiger partial charge is 0.278 e. The molecule has 6 nitrogen and oxygen atoms in total. The third kappa shape index (κ3) is 3.46. The summed E-state index contributed by atoms with van der Waals surface area (Å²) in [6.07, 6.45) is 1.94. The van der Waals surface area contributed by atoms with Crippen molar-refractivity contribution >= 4 is 17.4 Å². The van der Waals surface area contributed by atoms with Crippen molar-refractivity contribution in [2.75, 3.05) is 34.3 Å². The Morgan fingerprint density at radius 3 is 2.33 bits per heavy atom. The Labute approximate surface area is 161 Å². The number of likely N-dealkylation sites (tertiary alicyclic amines) is 1. The molecule has 0 aliphatic carbocycles. The summed E-state index contributed by atoms with van der Waals surface area (Å²) in [5.41, 5.74) is 1.62. The molecule has 2 amide bonds. The van der Waals surface area contributed by atoms with Crippen molar-refractivity contribution in [3.05, 3.63) is 35.5 Å². The van der Waals surface area contributed by atoms with E-state index < -0.39 is 0 Å². The van der Waals surface area contributed by atoms with Crippen LogP contribution in [-0.4, -0.2) is 72.9 Å². The fourth-order valence-electron chi connectivity index (χ4n) is 3.99. The summed E-state index contributed by atoms with van der Waals surface area (Å²) in [7, 11) is 5.64. The fourth-order valence-corrected chi connectivity index (χ4v) is 3.99. The average Bonchev–Trinajstić information content (AvgIpc) is 2.92. The van der Waals surface area contributed by atoms with E-state index in [4.69, 9.17) is 4.74 Å². The van der Waals surface area contributed by atoms with Crippen molar-refractivity contribution in [3.8, 4) is 5.75 Å². The van der Waals surface area contributed by atoms with Gasteiger partial charge in [0.2, 0.25) is 0 Å². The lowest BCUT2D eigenvalue weighted by atomic mass is 9.99. The van der Waals surface area contributed by atoms with Gasteiger partial charge in [-0.05, 0) is 52.9 Å². The molecule has 27 heavy (non-hydrogen) atoms. The van der Waals surface area contributed by atoms with E-state index in [0.717, 1.165) is 25.9 Å². The van der Waals surface area contributed by atoms with Crippen LogP contribution in [0, 0.1) is 0 Å². The number of carbonyl (C=O) groups excluding carboxylic acids is 2. The van der Waals surface area contributed by atoms with Crippen LogP contribution in [0.1, 0.15) is 32.3 Å². The number of rotatable bonds is 5. The molecule has 2 heterocycles. The lowest BCUT2D eigenvalue weighted by Crippen LogP contribution is -2.44. The molecule has 0 radical (unpaired) electrons. The van der Waals surface area contributed by atoms with Gasteiger partial charge in [-0.3, -0.25) is 14.5 Å². The molecule has 0 aromatic heterocycles. The first-order valence-corrected chi connectivity index (χ1v) is 9.53. The number of ether oxygens (including phenoxy) is 1. The van der Waals surface area contributed by atoms with E-state index in [1.807, 2.05) is 50.1 Å². The number of imide groups is 1. The van der Waals surface area contributed by atoms with E-state index in [-0.39, 0.29) is 23.9 Å². The standard InChI is InChI=1S/C21H29N3O3/c1-14(2)24-20(25)18(16-8-6-7-9-17(16)27-5)19(21(24)26)23(4)15-10-12-22(3)13-11-15/h6-9,14-15H,10-13H2,1-5H3. The number of para-hydroxylation sites is 1. The lowest BCUT2D eigenvalue weighted by molar-refractivity contribution is -0.139. The van der Waals surface area contributed by atoms with E-state index in [1.54, 1.807) is 7.11 Å². The predicted octanol–water partition coefficient (Wildman–Crippen LogP) is 2.21. The van der Waals surface area contributed by atoms with Crippen LogP contribution in [0.25, 0.3) is 5.57 Å². The molecule has 0 spiro atoms. The van der Waals surface area contributed by atoms with E-state index in [1.165, 1.54) is 4.90 Å². The maximum Gasteiger partial charge on any atom is 0.278 e. The Balaban J connectivity index is 2.09. The van der Waals surface area contributed by atoms with Crippen LogP contribution in [0.2, 0.25) is 0 Å². The van der Waals surface area contributed by atoms with Crippen LogP contribution in [0.3, 0.4) is 0 Å². The first-order chi connectivity index (χ1) is 12.9. The van der Waals surface area contributed by atoms with Gasteiger partial charge in [-0.2, -0.15) is 0 Å². The van der Waals surface area contributed by atoms with Gasteiger partial charge < -0.3 is 14.5 Å². The number of hydrogen-bond acceptors (Lipinski definition) is 5. The zero-order chi connectivity index (χ0) is 19.7. The van der Waals surface area contributed by atoms with E-state index in [0.29, 0.717) is 22.6 Å². The molecule has 0 unspecified atom stereocenters. The predicted molar refractivity (Wildman–Crippen MR) is 105 cm³/mol. The molecule has 0 saturated carbocycles. The van der Waals surface area contributed by atoms with E-state index in [2.05, 4.69) is 11.9 Å². The van der Waals surface area contributed by atoms with Gasteiger partial charge in [-0.25, -0.2) is 0 Å². The van der Waals surface area contributed by atoms with E-state index >= 15 is 0 Å². The maximum atomic E-state index is 13.2. The highest BCUT2D eigenvalue weighted by Gasteiger charge is 2.44. The van der Waals surface area contributed by atoms with Gasteiger partial charge >= 0.3 is 0 Å². The maximum absolute atomic E-state index is 13.2. The molecular weight excluding hydrogens is 342 g/mol. The number of likely N-dealkylation sites (N-methyl/N-ethyl adjacent to an activating group) is 1. The molecule has 6 heteroatoms. The van der Waals surface area contributed by atoms with Crippen LogP contribution in [0.5, 0.6) is 5.75 Å². The number of hydrogen-bond donors (Lipinski definition) is 0. The molecule has 0 atom stereocenters. The Hall–Kier alpha value is -2.34. The van der Waals surface area contributed by atoms with Crippen LogP contribution >= 0.6 is 0 Å². The fraction of sp³-hybridized carbons (Fsp3) is 0.524. The van der Waals surface area contributed by atoms with Crippen LogP contribution in [0.15, 0.2) is 30.0 Å². The molecular formula is C21H29N3O3. The van der Waals surface area contributed by atoms with Gasteiger partial charge in [-0.15, -0.1) is 0 Å². The molecule has 1 aromatic carbocycles. The third-order valence-electron chi connectivity index (χ3n) is 5.57. The number of carbonyl (C=O) groups is 2. The van der Waals surface area contributed by atoms with Gasteiger partial charge in [0.05, 0.1) is 12.7 Å². The summed E-state index contributed by atoms with van der Waals surface area (Å²) in [6.45, 7) is 5.72. The van der Waals surface area contributed by atoms with Gasteiger partial charge in [0.1, 0.15) is 11.4 Å². The molecule has 3 rings (SSSR count). The molecule has 0 bridgehead atoms. The monoisotopic (exact) mass is 371 g/mol. The minimum Gasteiger partial charge on any atom is -0.496 e.